The Balaban J connectivity index is 1.52. The van der Waals surface area contributed by atoms with Crippen molar-refractivity contribution in [2.75, 3.05) is 28.1 Å². The minimum atomic E-state index is -0.159. The summed E-state index contributed by atoms with van der Waals surface area (Å²) in [5.41, 5.74) is 2.15. The van der Waals surface area contributed by atoms with E-state index in [0.29, 0.717) is 46.9 Å². The molecular formula is C23H23NO6. The lowest BCUT2D eigenvalue weighted by Crippen LogP contribution is -2.33. The van der Waals surface area contributed by atoms with Gasteiger partial charge in [0.1, 0.15) is 24.0 Å². The fourth-order valence-electron chi connectivity index (χ4n) is 3.96. The van der Waals surface area contributed by atoms with Crippen molar-refractivity contribution in [3.63, 3.8) is 0 Å². The summed E-state index contributed by atoms with van der Waals surface area (Å²) in [6, 6.07) is 7.69. The third-order valence-corrected chi connectivity index (χ3v) is 5.73. The van der Waals surface area contributed by atoms with Crippen molar-refractivity contribution < 1.29 is 28.5 Å². The predicted octanol–water partition coefficient (Wildman–Crippen LogP) is 3.64. The van der Waals surface area contributed by atoms with Crippen LogP contribution < -0.4 is 23.7 Å². The summed E-state index contributed by atoms with van der Waals surface area (Å²) < 4.78 is 28.2. The Morgan fingerprint density at radius 1 is 1.03 bits per heavy atom. The van der Waals surface area contributed by atoms with Gasteiger partial charge in [-0.1, -0.05) is 0 Å². The van der Waals surface area contributed by atoms with Gasteiger partial charge in [-0.2, -0.15) is 0 Å². The number of ether oxygens (including phenoxy) is 5. The summed E-state index contributed by atoms with van der Waals surface area (Å²) in [5.74, 6) is 3.10. The molecule has 156 valence electrons. The molecule has 0 saturated heterocycles. The quantitative estimate of drug-likeness (QED) is 0.699. The second-order valence-electron chi connectivity index (χ2n) is 7.56. The van der Waals surface area contributed by atoms with Gasteiger partial charge in [0.05, 0.1) is 32.5 Å². The zero-order valence-corrected chi connectivity index (χ0v) is 17.2. The monoisotopic (exact) mass is 409 g/mol. The number of benzene rings is 2. The van der Waals surface area contributed by atoms with E-state index >= 15 is 0 Å². The fraction of sp³-hybridized carbons (Fsp3) is 0.348. The van der Waals surface area contributed by atoms with E-state index in [1.807, 2.05) is 6.07 Å². The number of carbonyl (C=O) groups is 1. The first-order chi connectivity index (χ1) is 14.6. The molecule has 2 aromatic rings. The van der Waals surface area contributed by atoms with Gasteiger partial charge in [-0.15, -0.1) is 0 Å². The average Bonchev–Trinajstić information content (AvgIpc) is 3.58. The molecule has 7 heteroatoms. The van der Waals surface area contributed by atoms with Gasteiger partial charge in [0.2, 0.25) is 5.78 Å². The zero-order valence-electron chi connectivity index (χ0n) is 17.2. The van der Waals surface area contributed by atoms with Crippen LogP contribution in [0.4, 0.5) is 0 Å². The molecule has 5 rings (SSSR count). The molecule has 30 heavy (non-hydrogen) atoms. The second kappa shape index (κ2) is 7.25. The highest BCUT2D eigenvalue weighted by Crippen LogP contribution is 2.44. The summed E-state index contributed by atoms with van der Waals surface area (Å²) >= 11 is 0. The number of Topliss-reactive ketones (excluding diaryl/α,β-unsaturated/α-hetero) is 1. The molecule has 0 spiro atoms. The Morgan fingerprint density at radius 3 is 2.47 bits per heavy atom. The van der Waals surface area contributed by atoms with E-state index in [9.17, 15) is 4.79 Å². The van der Waals surface area contributed by atoms with Crippen molar-refractivity contribution in [3.8, 4) is 28.7 Å². The highest BCUT2D eigenvalue weighted by molar-refractivity contribution is 6.15. The molecule has 0 atom stereocenters. The lowest BCUT2D eigenvalue weighted by molar-refractivity contribution is 0.0868. The summed E-state index contributed by atoms with van der Waals surface area (Å²) in [5, 5.41) is 0. The molecule has 0 radical (unpaired) electrons. The molecule has 0 aromatic heterocycles. The number of allylic oxidation sites excluding steroid dienone is 1. The van der Waals surface area contributed by atoms with Gasteiger partial charge in [-0.05, 0) is 37.1 Å². The third kappa shape index (κ3) is 3.06. The molecule has 0 unspecified atom stereocenters. The second-order valence-corrected chi connectivity index (χ2v) is 7.56. The van der Waals surface area contributed by atoms with E-state index < -0.39 is 0 Å². The van der Waals surface area contributed by atoms with E-state index in [0.717, 1.165) is 17.9 Å². The molecule has 0 amide bonds. The van der Waals surface area contributed by atoms with Crippen LogP contribution in [-0.2, 0) is 6.54 Å². The average molecular weight is 409 g/mol. The number of ketones is 1. The van der Waals surface area contributed by atoms with Crippen LogP contribution in [0.15, 0.2) is 30.0 Å². The Kier molecular flexibility index (Phi) is 4.55. The Morgan fingerprint density at radius 2 is 1.77 bits per heavy atom. The van der Waals surface area contributed by atoms with Crippen molar-refractivity contribution in [3.05, 3.63) is 46.7 Å². The van der Waals surface area contributed by atoms with E-state index in [2.05, 4.69) is 4.90 Å². The molecule has 3 aliphatic rings. The van der Waals surface area contributed by atoms with Crippen LogP contribution in [0.2, 0.25) is 0 Å². The molecule has 1 fully saturated rings. The minimum absolute atomic E-state index is 0.159. The number of hydrogen-bond donors (Lipinski definition) is 0. The van der Waals surface area contributed by atoms with Gasteiger partial charge in [0.25, 0.3) is 0 Å². The van der Waals surface area contributed by atoms with Crippen LogP contribution in [0.25, 0.3) is 6.08 Å². The molecule has 2 aliphatic heterocycles. The summed E-state index contributed by atoms with van der Waals surface area (Å²) in [4.78, 5) is 15.3. The third-order valence-electron chi connectivity index (χ3n) is 5.73. The van der Waals surface area contributed by atoms with Crippen molar-refractivity contribution in [1.82, 2.24) is 4.90 Å². The largest absolute Gasteiger partial charge is 0.496 e. The van der Waals surface area contributed by atoms with Crippen LogP contribution in [0, 0.1) is 0 Å². The molecule has 2 aromatic carbocycles. The zero-order chi connectivity index (χ0) is 20.8. The molecule has 0 N–H and O–H groups in total. The van der Waals surface area contributed by atoms with Crippen LogP contribution in [0.1, 0.15) is 34.3 Å². The predicted molar refractivity (Wildman–Crippen MR) is 110 cm³/mol. The van der Waals surface area contributed by atoms with E-state index in [-0.39, 0.29) is 11.5 Å². The van der Waals surface area contributed by atoms with Crippen molar-refractivity contribution in [1.29, 1.82) is 0 Å². The van der Waals surface area contributed by atoms with Crippen LogP contribution in [-0.4, -0.2) is 44.8 Å². The maximum absolute atomic E-state index is 13.0. The van der Waals surface area contributed by atoms with Gasteiger partial charge in [-0.3, -0.25) is 9.69 Å². The SMILES string of the molecule is COc1cc(OC)c(OC)cc1/C=C1\Oc2c(ccc3c2CN(C2CC2)CO3)C1=O. The summed E-state index contributed by atoms with van der Waals surface area (Å²) in [6.45, 7) is 1.30. The van der Waals surface area contributed by atoms with Gasteiger partial charge in [-0.25, -0.2) is 0 Å². The van der Waals surface area contributed by atoms with E-state index in [1.54, 1.807) is 45.6 Å². The Bertz CT molecular complexity index is 1060. The van der Waals surface area contributed by atoms with Gasteiger partial charge in [0.15, 0.2) is 17.3 Å². The fourth-order valence-corrected chi connectivity index (χ4v) is 3.96. The van der Waals surface area contributed by atoms with Gasteiger partial charge in [0, 0.05) is 24.2 Å². The molecule has 1 aliphatic carbocycles. The van der Waals surface area contributed by atoms with Gasteiger partial charge < -0.3 is 23.7 Å². The first-order valence-corrected chi connectivity index (χ1v) is 9.90. The first kappa shape index (κ1) is 18.8. The van der Waals surface area contributed by atoms with Crippen LogP contribution in [0.3, 0.4) is 0 Å². The molecule has 1 saturated carbocycles. The highest BCUT2D eigenvalue weighted by atomic mass is 16.5. The minimum Gasteiger partial charge on any atom is -0.496 e. The summed E-state index contributed by atoms with van der Waals surface area (Å²) in [6.07, 6.45) is 4.06. The van der Waals surface area contributed by atoms with Crippen LogP contribution in [0.5, 0.6) is 28.7 Å². The van der Waals surface area contributed by atoms with Crippen molar-refractivity contribution in [2.45, 2.75) is 25.4 Å². The smallest absolute Gasteiger partial charge is 0.231 e. The lowest BCUT2D eigenvalue weighted by Gasteiger charge is -2.29. The molecule has 0 bridgehead atoms. The molecular weight excluding hydrogens is 386 g/mol. The van der Waals surface area contributed by atoms with Gasteiger partial charge >= 0.3 is 0 Å². The first-order valence-electron chi connectivity index (χ1n) is 9.90. The van der Waals surface area contributed by atoms with Crippen molar-refractivity contribution >= 4 is 11.9 Å². The lowest BCUT2D eigenvalue weighted by atomic mass is 10.0. The maximum atomic E-state index is 13.0. The summed E-state index contributed by atoms with van der Waals surface area (Å²) in [7, 11) is 4.69. The number of carbonyl (C=O) groups excluding carboxylic acids is 1. The van der Waals surface area contributed by atoms with E-state index in [1.165, 1.54) is 12.8 Å². The van der Waals surface area contributed by atoms with E-state index in [4.69, 9.17) is 23.7 Å². The Hall–Kier alpha value is -3.19. The highest BCUT2D eigenvalue weighted by Gasteiger charge is 2.37. The number of hydrogen-bond acceptors (Lipinski definition) is 7. The molecule has 2 heterocycles. The van der Waals surface area contributed by atoms with Crippen molar-refractivity contribution in [2.24, 2.45) is 0 Å². The molecule has 7 nitrogen and oxygen atoms in total. The number of fused-ring (bicyclic) bond motifs is 3. The maximum Gasteiger partial charge on any atom is 0.231 e. The Labute approximate surface area is 174 Å². The topological polar surface area (TPSA) is 66.5 Å². The number of methoxy groups -OCH3 is 3. The van der Waals surface area contributed by atoms with Crippen LogP contribution >= 0.6 is 0 Å². The number of nitrogens with zero attached hydrogens (tertiary/aromatic N) is 1. The number of rotatable bonds is 5. The standard InChI is InChI=1S/C23H23NO6/c1-26-18-10-20(28-3)19(27-2)8-13(18)9-21-22(25)15-6-7-17-16(23(15)30-21)11-24(12-29-17)14-4-5-14/h6-10,14H,4-5,11-12H2,1-3H3/b21-9-. The normalized spacial score (nSPS) is 19.0.